The molecule has 9 heavy (non-hydrogen) atoms. The summed E-state index contributed by atoms with van der Waals surface area (Å²) in [6, 6.07) is 0. The van der Waals surface area contributed by atoms with Crippen LogP contribution < -0.4 is 5.32 Å². The molecule has 0 radical (unpaired) electrons. The van der Waals surface area contributed by atoms with E-state index in [0.29, 0.717) is 0 Å². The minimum atomic E-state index is 0.214. The van der Waals surface area contributed by atoms with E-state index in [4.69, 9.17) is 0 Å². The third-order valence-electron chi connectivity index (χ3n) is 1.20. The van der Waals surface area contributed by atoms with Crippen LogP contribution in [-0.4, -0.2) is 31.5 Å². The van der Waals surface area contributed by atoms with Gasteiger partial charge in [-0.05, 0) is 20.2 Å². The van der Waals surface area contributed by atoms with Gasteiger partial charge in [-0.15, -0.1) is 0 Å². The van der Waals surface area contributed by atoms with Crippen molar-refractivity contribution < 1.29 is 0 Å². The second kappa shape index (κ2) is 2.64. The zero-order chi connectivity index (χ0) is 6.69. The summed E-state index contributed by atoms with van der Waals surface area (Å²) in [7, 11) is 4.00. The average Bonchev–Trinajstić information content (AvgIpc) is 1.90. The first-order chi connectivity index (χ1) is 4.30. The van der Waals surface area contributed by atoms with Crippen LogP contribution in [0.3, 0.4) is 0 Å². The summed E-state index contributed by atoms with van der Waals surface area (Å²) in [5.41, 5.74) is 0. The normalized spacial score (nSPS) is 24.6. The Bertz CT molecular complexity index is 125. The van der Waals surface area contributed by atoms with Crippen molar-refractivity contribution in [3.05, 3.63) is 12.3 Å². The molecule has 1 unspecified atom stereocenters. The fourth-order valence-electron chi connectivity index (χ4n) is 0.659. The largest absolute Gasteiger partial charge is 0.353 e. The van der Waals surface area contributed by atoms with Crippen LogP contribution in [0.1, 0.15) is 0 Å². The maximum absolute atomic E-state index is 4.13. The van der Waals surface area contributed by atoms with Crippen LogP contribution in [0, 0.1) is 0 Å². The molecule has 0 spiro atoms. The average molecular weight is 125 g/mol. The molecule has 0 aromatic heterocycles. The first kappa shape index (κ1) is 6.29. The van der Waals surface area contributed by atoms with E-state index < -0.39 is 0 Å². The molecule has 1 N–H and O–H groups in total. The molecule has 0 bridgehead atoms. The number of aliphatic imine (C=N–C) groups is 1. The molecule has 0 aliphatic carbocycles. The quantitative estimate of drug-likeness (QED) is 0.535. The fraction of sp³-hybridized carbons (Fsp3) is 0.500. The fourth-order valence-corrected chi connectivity index (χ4v) is 0.659. The van der Waals surface area contributed by atoms with Gasteiger partial charge in [0, 0.05) is 6.20 Å². The van der Waals surface area contributed by atoms with E-state index >= 15 is 0 Å². The van der Waals surface area contributed by atoms with Gasteiger partial charge in [-0.3, -0.25) is 9.89 Å². The minimum Gasteiger partial charge on any atom is -0.353 e. The maximum Gasteiger partial charge on any atom is 0.123 e. The molecule has 3 heteroatoms. The number of nitrogens with one attached hydrogen (secondary N) is 1. The van der Waals surface area contributed by atoms with Gasteiger partial charge in [0.1, 0.15) is 6.17 Å². The molecule has 0 saturated carbocycles. The van der Waals surface area contributed by atoms with Crippen LogP contribution in [0.4, 0.5) is 0 Å². The summed E-state index contributed by atoms with van der Waals surface area (Å²) in [6.45, 7) is 0. The Morgan fingerprint density at radius 2 is 2.33 bits per heavy atom. The van der Waals surface area contributed by atoms with Gasteiger partial charge in [0.25, 0.3) is 0 Å². The summed E-state index contributed by atoms with van der Waals surface area (Å²) in [4.78, 5) is 6.17. The van der Waals surface area contributed by atoms with Crippen molar-refractivity contribution in [1.29, 1.82) is 0 Å². The SMILES string of the molecule is CN(C)C1C=CNC=N1. The predicted molar refractivity (Wildman–Crippen MR) is 38.2 cm³/mol. The molecule has 0 aromatic carbocycles. The number of nitrogens with zero attached hydrogens (tertiary/aromatic N) is 2. The van der Waals surface area contributed by atoms with Crippen molar-refractivity contribution in [2.24, 2.45) is 4.99 Å². The van der Waals surface area contributed by atoms with E-state index in [0.717, 1.165) is 0 Å². The van der Waals surface area contributed by atoms with Crippen LogP contribution in [0.25, 0.3) is 0 Å². The molecule has 1 rings (SSSR count). The molecule has 0 saturated heterocycles. The van der Waals surface area contributed by atoms with E-state index in [-0.39, 0.29) is 6.17 Å². The lowest BCUT2D eigenvalue weighted by Crippen LogP contribution is -2.27. The zero-order valence-corrected chi connectivity index (χ0v) is 5.70. The predicted octanol–water partition coefficient (Wildman–Crippen LogP) is 0.0193. The summed E-state index contributed by atoms with van der Waals surface area (Å²) >= 11 is 0. The first-order valence-corrected chi connectivity index (χ1v) is 2.91. The third-order valence-corrected chi connectivity index (χ3v) is 1.20. The Morgan fingerprint density at radius 3 is 2.67 bits per heavy atom. The molecular weight excluding hydrogens is 114 g/mol. The van der Waals surface area contributed by atoms with Crippen molar-refractivity contribution in [2.75, 3.05) is 14.1 Å². The Labute approximate surface area is 55.1 Å². The van der Waals surface area contributed by atoms with Crippen LogP contribution in [0.15, 0.2) is 17.3 Å². The number of hydrogen-bond donors (Lipinski definition) is 1. The number of hydrogen-bond acceptors (Lipinski definition) is 3. The summed E-state index contributed by atoms with van der Waals surface area (Å²) in [5, 5.41) is 2.87. The molecule has 0 fully saturated rings. The zero-order valence-electron chi connectivity index (χ0n) is 5.70. The van der Waals surface area contributed by atoms with Gasteiger partial charge < -0.3 is 5.32 Å². The van der Waals surface area contributed by atoms with Crippen molar-refractivity contribution in [1.82, 2.24) is 10.2 Å². The van der Waals surface area contributed by atoms with Crippen LogP contribution >= 0.6 is 0 Å². The molecule has 1 atom stereocenters. The van der Waals surface area contributed by atoms with Crippen LogP contribution in [0.5, 0.6) is 0 Å². The Hall–Kier alpha value is -0.830. The highest BCUT2D eigenvalue weighted by atomic mass is 15.2. The molecule has 1 aliphatic rings. The summed E-state index contributed by atoms with van der Waals surface area (Å²) in [5.74, 6) is 0. The number of rotatable bonds is 1. The van der Waals surface area contributed by atoms with Gasteiger partial charge >= 0.3 is 0 Å². The smallest absolute Gasteiger partial charge is 0.123 e. The lowest BCUT2D eigenvalue weighted by atomic mass is 10.4. The molecular formula is C6H11N3. The van der Waals surface area contributed by atoms with E-state index in [1.165, 1.54) is 0 Å². The van der Waals surface area contributed by atoms with E-state index in [2.05, 4.69) is 10.3 Å². The summed E-state index contributed by atoms with van der Waals surface area (Å²) in [6.07, 6.45) is 5.80. The number of likely N-dealkylation sites (N-methyl/N-ethyl adjacent to an activating group) is 1. The van der Waals surface area contributed by atoms with E-state index in [1.54, 1.807) is 6.34 Å². The molecule has 0 amide bonds. The van der Waals surface area contributed by atoms with Gasteiger partial charge in [-0.1, -0.05) is 0 Å². The van der Waals surface area contributed by atoms with Crippen molar-refractivity contribution >= 4 is 6.34 Å². The van der Waals surface area contributed by atoms with Gasteiger partial charge in [-0.25, -0.2) is 0 Å². The third kappa shape index (κ3) is 1.54. The van der Waals surface area contributed by atoms with Crippen molar-refractivity contribution in [2.45, 2.75) is 6.17 Å². The standard InChI is InChI=1S/C6H11N3/c1-9(2)6-3-4-7-5-8-6/h3-6H,1-2H3,(H,7,8). The van der Waals surface area contributed by atoms with Crippen LogP contribution in [0.2, 0.25) is 0 Å². The molecule has 0 aromatic rings. The molecule has 1 aliphatic heterocycles. The van der Waals surface area contributed by atoms with Gasteiger partial charge in [-0.2, -0.15) is 0 Å². The van der Waals surface area contributed by atoms with Gasteiger partial charge in [0.05, 0.1) is 6.34 Å². The molecule has 3 nitrogen and oxygen atoms in total. The topological polar surface area (TPSA) is 27.6 Å². The second-order valence-corrected chi connectivity index (χ2v) is 2.18. The highest BCUT2D eigenvalue weighted by molar-refractivity contribution is 5.57. The minimum absolute atomic E-state index is 0.214. The van der Waals surface area contributed by atoms with Gasteiger partial charge in [0.15, 0.2) is 0 Å². The monoisotopic (exact) mass is 125 g/mol. The Balaban J connectivity index is 2.49. The van der Waals surface area contributed by atoms with Crippen molar-refractivity contribution in [3.8, 4) is 0 Å². The lowest BCUT2D eigenvalue weighted by molar-refractivity contribution is 0.351. The molecule has 50 valence electrons. The maximum atomic E-state index is 4.13. The van der Waals surface area contributed by atoms with E-state index in [1.807, 2.05) is 31.3 Å². The van der Waals surface area contributed by atoms with E-state index in [9.17, 15) is 0 Å². The first-order valence-electron chi connectivity index (χ1n) is 2.91. The Kier molecular flexibility index (Phi) is 1.85. The lowest BCUT2D eigenvalue weighted by Gasteiger charge is -2.17. The van der Waals surface area contributed by atoms with Gasteiger partial charge in [0.2, 0.25) is 0 Å². The second-order valence-electron chi connectivity index (χ2n) is 2.18. The highest BCUT2D eigenvalue weighted by Gasteiger charge is 2.03. The highest BCUT2D eigenvalue weighted by Crippen LogP contribution is 1.97. The summed E-state index contributed by atoms with van der Waals surface area (Å²) < 4.78 is 0. The Morgan fingerprint density at radius 1 is 1.56 bits per heavy atom. The van der Waals surface area contributed by atoms with Crippen LogP contribution in [-0.2, 0) is 0 Å². The molecule has 1 heterocycles. The van der Waals surface area contributed by atoms with Crippen molar-refractivity contribution in [3.63, 3.8) is 0 Å².